The Labute approximate surface area is 196 Å². The highest BCUT2D eigenvalue weighted by molar-refractivity contribution is 6.30. The number of rotatable bonds is 8. The molecule has 0 saturated heterocycles. The summed E-state index contributed by atoms with van der Waals surface area (Å²) < 4.78 is 17.4. The Bertz CT molecular complexity index is 1250. The minimum Gasteiger partial charge on any atom is -0.488 e. The molecule has 0 aliphatic heterocycles. The third kappa shape index (κ3) is 5.08. The first kappa shape index (κ1) is 22.6. The Balaban J connectivity index is 1.51. The number of carboxylic acids is 1. The fraction of sp³-hybridized carbons (Fsp3) is 0.154. The number of hydrogen-bond acceptors (Lipinski definition) is 5. The Hall–Kier alpha value is -3.61. The van der Waals surface area contributed by atoms with E-state index < -0.39 is 12.1 Å². The van der Waals surface area contributed by atoms with Gasteiger partial charge in [-0.25, -0.2) is 9.78 Å². The van der Waals surface area contributed by atoms with E-state index in [-0.39, 0.29) is 17.9 Å². The number of halogens is 1. The van der Waals surface area contributed by atoms with Gasteiger partial charge in [-0.05, 0) is 48.4 Å². The molecule has 0 amide bonds. The van der Waals surface area contributed by atoms with Gasteiger partial charge in [0, 0.05) is 17.7 Å². The van der Waals surface area contributed by atoms with Crippen LogP contribution in [0.5, 0.6) is 5.75 Å². The quantitative estimate of drug-likeness (QED) is 0.329. The SMILES string of the molecule is COC(c1ccc(COc2cc(Cl)ccc2C(=O)O)cc1)c1nc(-c2ccccc2)oc1C. The Morgan fingerprint density at radius 3 is 2.48 bits per heavy atom. The first-order valence-electron chi connectivity index (χ1n) is 10.3. The molecule has 1 atom stereocenters. The number of methoxy groups -OCH3 is 1. The lowest BCUT2D eigenvalue weighted by Gasteiger charge is -2.15. The van der Waals surface area contributed by atoms with Gasteiger partial charge in [-0.2, -0.15) is 0 Å². The summed E-state index contributed by atoms with van der Waals surface area (Å²) >= 11 is 5.99. The standard InChI is InChI=1S/C26H22ClNO5/c1-16-23(28-25(33-16)19-6-4-3-5-7-19)24(31-2)18-10-8-17(9-11-18)15-32-22-14-20(27)12-13-21(22)26(29)30/h3-14,24H,15H2,1-2H3,(H,29,30). The number of benzene rings is 3. The predicted molar refractivity (Wildman–Crippen MR) is 125 cm³/mol. The topological polar surface area (TPSA) is 81.8 Å². The Morgan fingerprint density at radius 2 is 1.82 bits per heavy atom. The molecular formula is C26H22ClNO5. The lowest BCUT2D eigenvalue weighted by molar-refractivity contribution is 0.0691. The highest BCUT2D eigenvalue weighted by Gasteiger charge is 2.22. The molecule has 0 saturated carbocycles. The van der Waals surface area contributed by atoms with Crippen molar-refractivity contribution in [2.45, 2.75) is 19.6 Å². The minimum absolute atomic E-state index is 0.0613. The smallest absolute Gasteiger partial charge is 0.339 e. The van der Waals surface area contributed by atoms with Gasteiger partial charge in [0.25, 0.3) is 0 Å². The van der Waals surface area contributed by atoms with Crippen LogP contribution in [-0.4, -0.2) is 23.2 Å². The summed E-state index contributed by atoms with van der Waals surface area (Å²) in [5.41, 5.74) is 3.45. The number of ether oxygens (including phenoxy) is 2. The number of hydrogen-bond donors (Lipinski definition) is 1. The molecule has 0 radical (unpaired) electrons. The van der Waals surface area contributed by atoms with Crippen LogP contribution in [0.4, 0.5) is 0 Å². The lowest BCUT2D eigenvalue weighted by Crippen LogP contribution is -2.06. The minimum atomic E-state index is -1.07. The summed E-state index contributed by atoms with van der Waals surface area (Å²) in [5.74, 6) is 0.388. The van der Waals surface area contributed by atoms with Crippen molar-refractivity contribution in [1.29, 1.82) is 0 Å². The van der Waals surface area contributed by atoms with Crippen molar-refractivity contribution in [2.24, 2.45) is 0 Å². The van der Waals surface area contributed by atoms with Gasteiger partial charge in [0.2, 0.25) is 5.89 Å². The fourth-order valence-electron chi connectivity index (χ4n) is 3.50. The molecular weight excluding hydrogens is 442 g/mol. The van der Waals surface area contributed by atoms with Crippen molar-refractivity contribution in [3.05, 3.63) is 106 Å². The van der Waals surface area contributed by atoms with E-state index in [4.69, 9.17) is 25.5 Å². The lowest BCUT2D eigenvalue weighted by atomic mass is 10.0. The number of aryl methyl sites for hydroxylation is 1. The summed E-state index contributed by atoms with van der Waals surface area (Å²) in [6.45, 7) is 2.06. The van der Waals surface area contributed by atoms with Crippen LogP contribution >= 0.6 is 11.6 Å². The summed E-state index contributed by atoms with van der Waals surface area (Å²) in [4.78, 5) is 16.1. The molecule has 0 aliphatic carbocycles. The molecule has 0 spiro atoms. The fourth-order valence-corrected chi connectivity index (χ4v) is 3.67. The first-order valence-corrected chi connectivity index (χ1v) is 10.6. The molecule has 1 heterocycles. The van der Waals surface area contributed by atoms with Crippen LogP contribution in [0.1, 0.15) is 39.0 Å². The van der Waals surface area contributed by atoms with Crippen LogP contribution in [0.15, 0.2) is 77.2 Å². The summed E-state index contributed by atoms with van der Waals surface area (Å²) in [6.07, 6.45) is -0.396. The second-order valence-electron chi connectivity index (χ2n) is 7.42. The summed E-state index contributed by atoms with van der Waals surface area (Å²) in [7, 11) is 1.63. The van der Waals surface area contributed by atoms with E-state index in [9.17, 15) is 9.90 Å². The van der Waals surface area contributed by atoms with Gasteiger partial charge in [0.05, 0.1) is 0 Å². The maximum Gasteiger partial charge on any atom is 0.339 e. The number of aromatic carboxylic acids is 1. The van der Waals surface area contributed by atoms with Crippen LogP contribution in [0, 0.1) is 6.92 Å². The molecule has 0 fully saturated rings. The van der Waals surface area contributed by atoms with Gasteiger partial charge in [-0.15, -0.1) is 0 Å². The third-order valence-corrected chi connectivity index (χ3v) is 5.42. The molecule has 33 heavy (non-hydrogen) atoms. The number of nitrogens with zero attached hydrogens (tertiary/aromatic N) is 1. The van der Waals surface area contributed by atoms with Gasteiger partial charge in [0.15, 0.2) is 0 Å². The zero-order chi connectivity index (χ0) is 23.4. The van der Waals surface area contributed by atoms with Crippen LogP contribution < -0.4 is 4.74 Å². The van der Waals surface area contributed by atoms with E-state index in [1.54, 1.807) is 7.11 Å². The second kappa shape index (κ2) is 9.90. The van der Waals surface area contributed by atoms with E-state index in [2.05, 4.69) is 4.98 Å². The monoisotopic (exact) mass is 463 g/mol. The average Bonchev–Trinajstić information content (AvgIpc) is 3.21. The van der Waals surface area contributed by atoms with Gasteiger partial charge in [-0.3, -0.25) is 0 Å². The predicted octanol–water partition coefficient (Wildman–Crippen LogP) is 6.32. The molecule has 1 aromatic heterocycles. The molecule has 1 N–H and O–H groups in total. The van der Waals surface area contributed by atoms with Crippen LogP contribution in [0.3, 0.4) is 0 Å². The Kier molecular flexibility index (Phi) is 6.77. The van der Waals surface area contributed by atoms with Crippen LogP contribution in [0.25, 0.3) is 11.5 Å². The highest BCUT2D eigenvalue weighted by Crippen LogP contribution is 2.31. The molecule has 4 aromatic rings. The van der Waals surface area contributed by atoms with Crippen molar-refractivity contribution in [2.75, 3.05) is 7.11 Å². The molecule has 6 nitrogen and oxygen atoms in total. The maximum atomic E-state index is 11.4. The first-order chi connectivity index (χ1) is 16.0. The molecule has 168 valence electrons. The van der Waals surface area contributed by atoms with Gasteiger partial charge in [0.1, 0.15) is 35.5 Å². The molecule has 0 bridgehead atoms. The van der Waals surface area contributed by atoms with Crippen molar-refractivity contribution in [3.63, 3.8) is 0 Å². The normalized spacial score (nSPS) is 11.8. The summed E-state index contributed by atoms with van der Waals surface area (Å²) in [6, 6.07) is 21.8. The van der Waals surface area contributed by atoms with Gasteiger partial charge >= 0.3 is 5.97 Å². The largest absolute Gasteiger partial charge is 0.488 e. The third-order valence-electron chi connectivity index (χ3n) is 5.19. The van der Waals surface area contributed by atoms with Crippen molar-refractivity contribution >= 4 is 17.6 Å². The van der Waals surface area contributed by atoms with E-state index in [0.717, 1.165) is 16.7 Å². The van der Waals surface area contributed by atoms with E-state index in [0.29, 0.717) is 22.4 Å². The molecule has 3 aromatic carbocycles. The number of oxazole rings is 1. The highest BCUT2D eigenvalue weighted by atomic mass is 35.5. The molecule has 0 aliphatic rings. The zero-order valence-corrected chi connectivity index (χ0v) is 18.9. The number of aromatic nitrogens is 1. The van der Waals surface area contributed by atoms with E-state index in [1.807, 2.05) is 61.5 Å². The molecule has 1 unspecified atom stereocenters. The zero-order valence-electron chi connectivity index (χ0n) is 18.1. The van der Waals surface area contributed by atoms with Crippen LogP contribution in [-0.2, 0) is 11.3 Å². The van der Waals surface area contributed by atoms with E-state index >= 15 is 0 Å². The van der Waals surface area contributed by atoms with Crippen molar-refractivity contribution in [3.8, 4) is 17.2 Å². The number of carboxylic acid groups (broad SMARTS) is 1. The van der Waals surface area contributed by atoms with Gasteiger partial charge < -0.3 is 19.0 Å². The second-order valence-corrected chi connectivity index (χ2v) is 7.85. The van der Waals surface area contributed by atoms with Crippen LogP contribution in [0.2, 0.25) is 5.02 Å². The van der Waals surface area contributed by atoms with Gasteiger partial charge in [-0.1, -0.05) is 54.1 Å². The van der Waals surface area contributed by atoms with Crippen molar-refractivity contribution in [1.82, 2.24) is 4.98 Å². The summed E-state index contributed by atoms with van der Waals surface area (Å²) in [5, 5.41) is 9.74. The van der Waals surface area contributed by atoms with Crippen molar-refractivity contribution < 1.29 is 23.8 Å². The maximum absolute atomic E-state index is 11.4. The Morgan fingerprint density at radius 1 is 1.09 bits per heavy atom. The number of carbonyl (C=O) groups is 1. The molecule has 7 heteroatoms. The average molecular weight is 464 g/mol. The van der Waals surface area contributed by atoms with E-state index in [1.165, 1.54) is 18.2 Å². The molecule has 4 rings (SSSR count).